The van der Waals surface area contributed by atoms with Crippen LogP contribution >= 0.6 is 0 Å². The minimum absolute atomic E-state index is 0.0130. The molecule has 0 bridgehead atoms. The molecule has 1 spiro atoms. The molecule has 0 unspecified atom stereocenters. The van der Waals surface area contributed by atoms with Crippen molar-refractivity contribution in [1.82, 2.24) is 5.32 Å². The lowest BCUT2D eigenvalue weighted by Crippen LogP contribution is -2.59. The summed E-state index contributed by atoms with van der Waals surface area (Å²) in [6, 6.07) is 0.524. The van der Waals surface area contributed by atoms with E-state index in [1.54, 1.807) is 7.11 Å². The van der Waals surface area contributed by atoms with E-state index in [9.17, 15) is 4.79 Å². The van der Waals surface area contributed by atoms with E-state index in [2.05, 4.69) is 5.32 Å². The molecule has 1 N–H and O–H groups in total. The molecule has 0 saturated heterocycles. The molecule has 0 radical (unpaired) electrons. The van der Waals surface area contributed by atoms with Crippen molar-refractivity contribution < 1.29 is 9.53 Å². The van der Waals surface area contributed by atoms with Gasteiger partial charge in [0.2, 0.25) is 0 Å². The van der Waals surface area contributed by atoms with Crippen molar-refractivity contribution in [3.63, 3.8) is 0 Å². The molecule has 0 atom stereocenters. The molecule has 3 nitrogen and oxygen atoms in total. The maximum atomic E-state index is 12.5. The third kappa shape index (κ3) is 3.13. The van der Waals surface area contributed by atoms with Crippen LogP contribution in [0.1, 0.15) is 83.5 Å². The highest BCUT2D eigenvalue weighted by atomic mass is 16.5. The van der Waals surface area contributed by atoms with Crippen molar-refractivity contribution >= 4 is 5.97 Å². The fourth-order valence-corrected chi connectivity index (χ4v) is 5.07. The Labute approximate surface area is 129 Å². The highest BCUT2D eigenvalue weighted by Gasteiger charge is 2.49. The van der Waals surface area contributed by atoms with Crippen molar-refractivity contribution in [2.24, 2.45) is 5.41 Å². The molecule has 0 aliphatic heterocycles. The Morgan fingerprint density at radius 2 is 1.52 bits per heavy atom. The number of hydrogen-bond donors (Lipinski definition) is 1. The van der Waals surface area contributed by atoms with Crippen LogP contribution in [0.5, 0.6) is 0 Å². The van der Waals surface area contributed by atoms with Gasteiger partial charge in [-0.25, -0.2) is 0 Å². The van der Waals surface area contributed by atoms with E-state index < -0.39 is 0 Å². The predicted octanol–water partition coefficient (Wildman–Crippen LogP) is 3.95. The van der Waals surface area contributed by atoms with Crippen LogP contribution in [0, 0.1) is 5.41 Å². The number of esters is 1. The molecule has 3 rings (SSSR count). The molecule has 21 heavy (non-hydrogen) atoms. The molecule has 120 valence electrons. The first-order valence-corrected chi connectivity index (χ1v) is 9.04. The van der Waals surface area contributed by atoms with Crippen LogP contribution in [0.3, 0.4) is 0 Å². The second kappa shape index (κ2) is 6.28. The van der Waals surface area contributed by atoms with Gasteiger partial charge in [0.25, 0.3) is 0 Å². The van der Waals surface area contributed by atoms with Gasteiger partial charge < -0.3 is 4.74 Å². The number of methoxy groups -OCH3 is 1. The zero-order chi connectivity index (χ0) is 14.8. The molecule has 0 aromatic carbocycles. The van der Waals surface area contributed by atoms with Gasteiger partial charge >= 0.3 is 5.97 Å². The number of rotatable bonds is 3. The smallest absolute Gasteiger partial charge is 0.326 e. The molecular formula is C18H31NO2. The van der Waals surface area contributed by atoms with Gasteiger partial charge in [-0.2, -0.15) is 0 Å². The summed E-state index contributed by atoms with van der Waals surface area (Å²) >= 11 is 0. The average Bonchev–Trinajstić information content (AvgIpc) is 2.99. The van der Waals surface area contributed by atoms with Gasteiger partial charge in [0.15, 0.2) is 0 Å². The molecule has 3 aliphatic rings. The lowest BCUT2D eigenvalue weighted by Gasteiger charge is -2.45. The SMILES string of the molecule is COC(=O)C1(NC2CCCCC2)CCC2(CCCC2)CC1. The fourth-order valence-electron chi connectivity index (χ4n) is 5.07. The summed E-state index contributed by atoms with van der Waals surface area (Å²) in [6.07, 6.45) is 16.3. The van der Waals surface area contributed by atoms with E-state index in [1.807, 2.05) is 0 Å². The lowest BCUT2D eigenvalue weighted by atomic mass is 9.66. The number of carbonyl (C=O) groups is 1. The van der Waals surface area contributed by atoms with Gasteiger partial charge in [-0.15, -0.1) is 0 Å². The molecule has 3 saturated carbocycles. The van der Waals surface area contributed by atoms with Crippen LogP contribution < -0.4 is 5.32 Å². The van der Waals surface area contributed by atoms with E-state index in [0.717, 1.165) is 12.8 Å². The van der Waals surface area contributed by atoms with E-state index in [4.69, 9.17) is 4.74 Å². The highest BCUT2D eigenvalue weighted by Crippen LogP contribution is 2.51. The van der Waals surface area contributed by atoms with Gasteiger partial charge in [-0.05, 0) is 56.8 Å². The molecule has 0 aromatic heterocycles. The summed E-state index contributed by atoms with van der Waals surface area (Å²) in [6.45, 7) is 0. The van der Waals surface area contributed by atoms with E-state index in [-0.39, 0.29) is 11.5 Å². The normalized spacial score (nSPS) is 28.6. The van der Waals surface area contributed by atoms with Crippen LogP contribution in [0.25, 0.3) is 0 Å². The van der Waals surface area contributed by atoms with Gasteiger partial charge in [-0.3, -0.25) is 10.1 Å². The van der Waals surface area contributed by atoms with E-state index in [0.29, 0.717) is 11.5 Å². The van der Waals surface area contributed by atoms with Gasteiger partial charge in [0.1, 0.15) is 5.54 Å². The minimum Gasteiger partial charge on any atom is -0.468 e. The molecule has 0 amide bonds. The molecule has 0 heterocycles. The number of carbonyl (C=O) groups excluding carboxylic acids is 1. The van der Waals surface area contributed by atoms with Gasteiger partial charge in [0, 0.05) is 6.04 Å². The second-order valence-electron chi connectivity index (χ2n) is 7.76. The first kappa shape index (κ1) is 15.3. The van der Waals surface area contributed by atoms with Gasteiger partial charge in [-0.1, -0.05) is 32.1 Å². The van der Waals surface area contributed by atoms with Crippen LogP contribution in [-0.2, 0) is 9.53 Å². The molecule has 0 aromatic rings. The maximum Gasteiger partial charge on any atom is 0.326 e. The Hall–Kier alpha value is -0.570. The number of nitrogens with one attached hydrogen (secondary N) is 1. The first-order valence-electron chi connectivity index (χ1n) is 9.04. The zero-order valence-electron chi connectivity index (χ0n) is 13.6. The Morgan fingerprint density at radius 1 is 0.905 bits per heavy atom. The molecule has 3 fully saturated rings. The van der Waals surface area contributed by atoms with Crippen LogP contribution in [-0.4, -0.2) is 24.7 Å². The van der Waals surface area contributed by atoms with Crippen molar-refractivity contribution in [2.75, 3.05) is 7.11 Å². The summed E-state index contributed by atoms with van der Waals surface area (Å²) in [4.78, 5) is 12.5. The quantitative estimate of drug-likeness (QED) is 0.801. The topological polar surface area (TPSA) is 38.3 Å². The standard InChI is InChI=1S/C18H31NO2/c1-21-16(20)18(19-15-7-3-2-4-8-15)13-11-17(12-14-18)9-5-6-10-17/h15,19H,2-14H2,1H3. The molecule has 3 heteroatoms. The summed E-state index contributed by atoms with van der Waals surface area (Å²) < 4.78 is 5.18. The van der Waals surface area contributed by atoms with Crippen molar-refractivity contribution in [3.05, 3.63) is 0 Å². The monoisotopic (exact) mass is 293 g/mol. The highest BCUT2D eigenvalue weighted by molar-refractivity contribution is 5.81. The maximum absolute atomic E-state index is 12.5. The van der Waals surface area contributed by atoms with Crippen molar-refractivity contribution in [3.8, 4) is 0 Å². The van der Waals surface area contributed by atoms with Crippen LogP contribution in [0.15, 0.2) is 0 Å². The summed E-state index contributed by atoms with van der Waals surface area (Å²) in [5.41, 5.74) is 0.177. The summed E-state index contributed by atoms with van der Waals surface area (Å²) in [5, 5.41) is 3.75. The Bertz CT molecular complexity index is 357. The van der Waals surface area contributed by atoms with Crippen LogP contribution in [0.4, 0.5) is 0 Å². The fraction of sp³-hybridized carbons (Fsp3) is 0.944. The third-order valence-electron chi connectivity index (χ3n) is 6.49. The van der Waals surface area contributed by atoms with E-state index in [1.165, 1.54) is 70.6 Å². The summed E-state index contributed by atoms with van der Waals surface area (Å²) in [5.74, 6) is -0.0130. The Morgan fingerprint density at radius 3 is 2.10 bits per heavy atom. The second-order valence-corrected chi connectivity index (χ2v) is 7.76. The molecule has 3 aliphatic carbocycles. The lowest BCUT2D eigenvalue weighted by molar-refractivity contribution is -0.152. The minimum atomic E-state index is -0.384. The predicted molar refractivity (Wildman–Crippen MR) is 84.1 cm³/mol. The van der Waals surface area contributed by atoms with Crippen molar-refractivity contribution in [1.29, 1.82) is 0 Å². The molecular weight excluding hydrogens is 262 g/mol. The largest absolute Gasteiger partial charge is 0.468 e. The van der Waals surface area contributed by atoms with Gasteiger partial charge in [0.05, 0.1) is 7.11 Å². The number of ether oxygens (including phenoxy) is 1. The van der Waals surface area contributed by atoms with E-state index >= 15 is 0 Å². The first-order chi connectivity index (χ1) is 10.2. The number of hydrogen-bond acceptors (Lipinski definition) is 3. The average molecular weight is 293 g/mol. The van der Waals surface area contributed by atoms with Crippen molar-refractivity contribution in [2.45, 2.75) is 95.1 Å². The summed E-state index contributed by atoms with van der Waals surface area (Å²) in [7, 11) is 1.55. The van der Waals surface area contributed by atoms with Crippen LogP contribution in [0.2, 0.25) is 0 Å². The zero-order valence-corrected chi connectivity index (χ0v) is 13.6. The Kier molecular flexibility index (Phi) is 4.58. The Balaban J connectivity index is 1.68. The third-order valence-corrected chi connectivity index (χ3v) is 6.49.